The first-order valence-corrected chi connectivity index (χ1v) is 9.48. The second-order valence-corrected chi connectivity index (χ2v) is 7.12. The van der Waals surface area contributed by atoms with Gasteiger partial charge in [0.25, 0.3) is 5.91 Å². The minimum absolute atomic E-state index is 0.182. The Morgan fingerprint density at radius 3 is 2.77 bits per heavy atom. The first-order chi connectivity index (χ1) is 12.7. The Kier molecular flexibility index (Phi) is 4.89. The van der Waals surface area contributed by atoms with Crippen LogP contribution in [0.2, 0.25) is 5.02 Å². The number of aromatic nitrogens is 3. The van der Waals surface area contributed by atoms with E-state index in [9.17, 15) is 4.79 Å². The van der Waals surface area contributed by atoms with Crippen LogP contribution in [-0.2, 0) is 19.4 Å². The summed E-state index contributed by atoms with van der Waals surface area (Å²) in [5, 5.41) is 8.03. The molecule has 2 aromatic heterocycles. The van der Waals surface area contributed by atoms with Crippen molar-refractivity contribution in [2.24, 2.45) is 0 Å². The van der Waals surface area contributed by atoms with Crippen LogP contribution >= 0.6 is 11.6 Å². The van der Waals surface area contributed by atoms with Crippen molar-refractivity contribution in [2.75, 3.05) is 0 Å². The average molecular weight is 369 g/mol. The van der Waals surface area contributed by atoms with E-state index in [1.807, 2.05) is 35.0 Å². The highest BCUT2D eigenvalue weighted by atomic mass is 35.5. The molecule has 1 aromatic carbocycles. The van der Waals surface area contributed by atoms with Crippen molar-refractivity contribution in [2.45, 2.75) is 45.1 Å². The standard InChI is InChI=1S/C20H21ClN4O/c21-17-9-6-5-7-14(17)11-23-20(26)16-13-24-25-18-10-4-2-1-3-8-15(18)12-22-19(16)25/h5-7,9,12-13H,1-4,8,10-11H2,(H,23,26). The third-order valence-electron chi connectivity index (χ3n) is 4.96. The lowest BCUT2D eigenvalue weighted by Gasteiger charge is -2.14. The van der Waals surface area contributed by atoms with Gasteiger partial charge in [-0.25, -0.2) is 9.50 Å². The zero-order valence-electron chi connectivity index (χ0n) is 14.5. The highest BCUT2D eigenvalue weighted by molar-refractivity contribution is 6.31. The molecule has 5 nitrogen and oxygen atoms in total. The Morgan fingerprint density at radius 2 is 1.92 bits per heavy atom. The van der Waals surface area contributed by atoms with Gasteiger partial charge in [-0.3, -0.25) is 4.79 Å². The van der Waals surface area contributed by atoms with Crippen LogP contribution in [0.1, 0.15) is 52.9 Å². The average Bonchev–Trinajstić information content (AvgIpc) is 3.05. The topological polar surface area (TPSA) is 59.3 Å². The smallest absolute Gasteiger partial charge is 0.257 e. The molecular weight excluding hydrogens is 348 g/mol. The van der Waals surface area contributed by atoms with E-state index in [-0.39, 0.29) is 5.91 Å². The molecule has 26 heavy (non-hydrogen) atoms. The molecule has 3 aromatic rings. The van der Waals surface area contributed by atoms with Gasteiger partial charge in [-0.15, -0.1) is 0 Å². The largest absolute Gasteiger partial charge is 0.348 e. The van der Waals surface area contributed by atoms with Crippen molar-refractivity contribution in [3.8, 4) is 0 Å². The Labute approximate surface area is 157 Å². The minimum Gasteiger partial charge on any atom is -0.348 e. The lowest BCUT2D eigenvalue weighted by Crippen LogP contribution is -2.23. The highest BCUT2D eigenvalue weighted by Crippen LogP contribution is 2.22. The summed E-state index contributed by atoms with van der Waals surface area (Å²) >= 11 is 6.16. The predicted molar refractivity (Wildman–Crippen MR) is 101 cm³/mol. The van der Waals surface area contributed by atoms with E-state index in [2.05, 4.69) is 15.4 Å². The van der Waals surface area contributed by atoms with Crippen molar-refractivity contribution >= 4 is 23.2 Å². The van der Waals surface area contributed by atoms with E-state index in [1.165, 1.54) is 30.5 Å². The third-order valence-corrected chi connectivity index (χ3v) is 5.33. The van der Waals surface area contributed by atoms with Crippen LogP contribution in [0, 0.1) is 0 Å². The number of carbonyl (C=O) groups excluding carboxylic acids is 1. The Bertz CT molecular complexity index is 950. The molecule has 0 saturated carbocycles. The molecule has 0 atom stereocenters. The van der Waals surface area contributed by atoms with E-state index < -0.39 is 0 Å². The summed E-state index contributed by atoms with van der Waals surface area (Å²) in [6.45, 7) is 0.376. The summed E-state index contributed by atoms with van der Waals surface area (Å²) in [5.41, 5.74) is 4.46. The molecule has 0 bridgehead atoms. The summed E-state index contributed by atoms with van der Waals surface area (Å²) in [6, 6.07) is 7.50. The molecule has 0 spiro atoms. The van der Waals surface area contributed by atoms with Crippen LogP contribution in [0.15, 0.2) is 36.7 Å². The van der Waals surface area contributed by atoms with Gasteiger partial charge in [-0.05, 0) is 42.9 Å². The van der Waals surface area contributed by atoms with Crippen LogP contribution in [0.4, 0.5) is 0 Å². The molecule has 134 valence electrons. The number of carbonyl (C=O) groups is 1. The summed E-state index contributed by atoms with van der Waals surface area (Å²) in [4.78, 5) is 17.2. The SMILES string of the molecule is O=C(NCc1ccccc1Cl)c1cnn2c3c(cnc12)CCCCCC3. The number of benzene rings is 1. The molecule has 4 rings (SSSR count). The third kappa shape index (κ3) is 3.31. The van der Waals surface area contributed by atoms with Crippen LogP contribution in [0.25, 0.3) is 5.65 Å². The number of nitrogens with zero attached hydrogens (tertiary/aromatic N) is 3. The number of rotatable bonds is 3. The van der Waals surface area contributed by atoms with E-state index in [4.69, 9.17) is 11.6 Å². The number of amides is 1. The summed E-state index contributed by atoms with van der Waals surface area (Å²) in [7, 11) is 0. The molecule has 1 N–H and O–H groups in total. The van der Waals surface area contributed by atoms with Gasteiger partial charge in [0.1, 0.15) is 5.56 Å². The van der Waals surface area contributed by atoms with Gasteiger partial charge in [-0.1, -0.05) is 42.6 Å². The molecule has 1 aliphatic rings. The van der Waals surface area contributed by atoms with E-state index in [0.717, 1.165) is 24.8 Å². The molecule has 0 saturated heterocycles. The fraction of sp³-hybridized carbons (Fsp3) is 0.350. The quantitative estimate of drug-likeness (QED) is 0.760. The molecule has 6 heteroatoms. The van der Waals surface area contributed by atoms with Gasteiger partial charge in [-0.2, -0.15) is 5.10 Å². The van der Waals surface area contributed by atoms with Crippen LogP contribution in [-0.4, -0.2) is 20.5 Å². The minimum atomic E-state index is -0.182. The van der Waals surface area contributed by atoms with E-state index in [0.29, 0.717) is 22.8 Å². The van der Waals surface area contributed by atoms with Crippen LogP contribution in [0.3, 0.4) is 0 Å². The molecule has 0 fully saturated rings. The zero-order chi connectivity index (χ0) is 17.9. The molecule has 1 aliphatic carbocycles. The Balaban J connectivity index is 1.59. The number of halogens is 1. The van der Waals surface area contributed by atoms with Crippen LogP contribution in [0.5, 0.6) is 0 Å². The fourth-order valence-corrected chi connectivity index (χ4v) is 3.73. The maximum Gasteiger partial charge on any atom is 0.257 e. The lowest BCUT2D eigenvalue weighted by molar-refractivity contribution is 0.0952. The van der Waals surface area contributed by atoms with Gasteiger partial charge in [0.05, 0.1) is 6.20 Å². The lowest BCUT2D eigenvalue weighted by atomic mass is 9.98. The summed E-state index contributed by atoms with van der Waals surface area (Å²) in [5.74, 6) is -0.182. The van der Waals surface area contributed by atoms with Crippen molar-refractivity contribution in [3.05, 3.63) is 64.1 Å². The second-order valence-electron chi connectivity index (χ2n) is 6.71. The van der Waals surface area contributed by atoms with Gasteiger partial charge in [0.15, 0.2) is 5.65 Å². The molecule has 1 amide bonds. The van der Waals surface area contributed by atoms with E-state index >= 15 is 0 Å². The first-order valence-electron chi connectivity index (χ1n) is 9.10. The van der Waals surface area contributed by atoms with Gasteiger partial charge in [0, 0.05) is 23.5 Å². The maximum absolute atomic E-state index is 12.6. The molecule has 2 heterocycles. The number of hydrogen-bond acceptors (Lipinski definition) is 3. The highest BCUT2D eigenvalue weighted by Gasteiger charge is 2.18. The van der Waals surface area contributed by atoms with Gasteiger partial charge < -0.3 is 5.32 Å². The number of fused-ring (bicyclic) bond motifs is 3. The van der Waals surface area contributed by atoms with E-state index in [1.54, 1.807) is 6.20 Å². The number of nitrogens with one attached hydrogen (secondary N) is 1. The maximum atomic E-state index is 12.6. The Morgan fingerprint density at radius 1 is 1.12 bits per heavy atom. The predicted octanol–water partition coefficient (Wildman–Crippen LogP) is 3.97. The van der Waals surface area contributed by atoms with Gasteiger partial charge >= 0.3 is 0 Å². The summed E-state index contributed by atoms with van der Waals surface area (Å²) in [6.07, 6.45) is 10.4. The number of hydrogen-bond donors (Lipinski definition) is 1. The van der Waals surface area contributed by atoms with Crippen molar-refractivity contribution < 1.29 is 4.79 Å². The van der Waals surface area contributed by atoms with Crippen molar-refractivity contribution in [1.29, 1.82) is 0 Å². The van der Waals surface area contributed by atoms with Gasteiger partial charge in [0.2, 0.25) is 0 Å². The van der Waals surface area contributed by atoms with Crippen LogP contribution < -0.4 is 5.32 Å². The molecule has 0 unspecified atom stereocenters. The molecule has 0 aliphatic heterocycles. The first kappa shape index (κ1) is 17.0. The number of aryl methyl sites for hydroxylation is 2. The summed E-state index contributed by atoms with van der Waals surface area (Å²) < 4.78 is 1.85. The Hall–Kier alpha value is -2.40. The zero-order valence-corrected chi connectivity index (χ0v) is 15.3. The normalized spacial score (nSPS) is 14.5. The molecule has 0 radical (unpaired) electrons. The molecular formula is C20H21ClN4O. The fourth-order valence-electron chi connectivity index (χ4n) is 3.52. The monoisotopic (exact) mass is 368 g/mol. The van der Waals surface area contributed by atoms with Crippen molar-refractivity contribution in [1.82, 2.24) is 19.9 Å². The van der Waals surface area contributed by atoms with Crippen molar-refractivity contribution in [3.63, 3.8) is 0 Å². The second kappa shape index (κ2) is 7.46.